The Bertz CT molecular complexity index is 1010. The number of aromatic nitrogens is 2. The van der Waals surface area contributed by atoms with Crippen LogP contribution in [0.15, 0.2) is 52.7 Å². The van der Waals surface area contributed by atoms with Crippen molar-refractivity contribution in [3.63, 3.8) is 0 Å². The highest BCUT2D eigenvalue weighted by molar-refractivity contribution is 6.30. The number of hydrogen-bond donors (Lipinski definition) is 3. The molecule has 3 N–H and O–H groups in total. The molecule has 0 fully saturated rings. The van der Waals surface area contributed by atoms with Crippen LogP contribution in [-0.2, 0) is 0 Å². The van der Waals surface area contributed by atoms with Crippen LogP contribution in [0.3, 0.4) is 0 Å². The van der Waals surface area contributed by atoms with Gasteiger partial charge < -0.3 is 15.3 Å². The SMILES string of the molecule is Cc1nn(-c2ccc(Cl)cc2)c(O)c1/N=N/c1ccc(C(=O)O)cc1O. The van der Waals surface area contributed by atoms with Gasteiger partial charge in [0.25, 0.3) is 0 Å². The molecule has 3 rings (SSSR count). The van der Waals surface area contributed by atoms with Crippen LogP contribution < -0.4 is 0 Å². The summed E-state index contributed by atoms with van der Waals surface area (Å²) < 4.78 is 1.29. The molecular weight excluding hydrogens is 360 g/mol. The van der Waals surface area contributed by atoms with E-state index in [9.17, 15) is 15.0 Å². The van der Waals surface area contributed by atoms with Crippen LogP contribution in [0, 0.1) is 6.92 Å². The molecule has 0 saturated heterocycles. The number of phenols is 1. The van der Waals surface area contributed by atoms with Crippen LogP contribution in [0.1, 0.15) is 16.1 Å². The maximum absolute atomic E-state index is 10.9. The number of carboxylic acid groups (broad SMARTS) is 1. The van der Waals surface area contributed by atoms with Gasteiger partial charge in [-0.05, 0) is 49.4 Å². The number of carbonyl (C=O) groups is 1. The molecule has 0 spiro atoms. The van der Waals surface area contributed by atoms with E-state index in [4.69, 9.17) is 16.7 Å². The van der Waals surface area contributed by atoms with Gasteiger partial charge in [0.1, 0.15) is 11.4 Å². The first-order valence-electron chi connectivity index (χ1n) is 7.39. The van der Waals surface area contributed by atoms with E-state index in [0.717, 1.165) is 6.07 Å². The first kappa shape index (κ1) is 17.4. The number of halogens is 1. The first-order valence-corrected chi connectivity index (χ1v) is 7.77. The van der Waals surface area contributed by atoms with E-state index < -0.39 is 5.97 Å². The third-order valence-electron chi connectivity index (χ3n) is 3.56. The lowest BCUT2D eigenvalue weighted by Gasteiger charge is -2.02. The molecule has 0 aliphatic carbocycles. The summed E-state index contributed by atoms with van der Waals surface area (Å²) in [4.78, 5) is 10.9. The molecule has 0 aliphatic rings. The monoisotopic (exact) mass is 372 g/mol. The van der Waals surface area contributed by atoms with Gasteiger partial charge in [-0.1, -0.05) is 11.6 Å². The molecule has 26 heavy (non-hydrogen) atoms. The standard InChI is InChI=1S/C17H13ClN4O4/c1-9-15(16(24)22(21-9)12-5-3-11(18)4-6-12)20-19-13-7-2-10(17(25)26)8-14(13)23/h2-8,23-24H,1H3,(H,25,26)/b20-19+. The number of aromatic hydroxyl groups is 2. The minimum Gasteiger partial charge on any atom is -0.506 e. The Morgan fingerprint density at radius 3 is 2.42 bits per heavy atom. The third kappa shape index (κ3) is 3.35. The maximum atomic E-state index is 10.9. The van der Waals surface area contributed by atoms with E-state index in [1.807, 2.05) is 0 Å². The molecule has 1 heterocycles. The number of benzene rings is 2. The molecule has 0 atom stereocenters. The smallest absolute Gasteiger partial charge is 0.335 e. The Labute approximate surface area is 152 Å². The quantitative estimate of drug-likeness (QED) is 0.587. The highest BCUT2D eigenvalue weighted by Crippen LogP contribution is 2.35. The van der Waals surface area contributed by atoms with Crippen LogP contribution in [0.5, 0.6) is 11.6 Å². The summed E-state index contributed by atoms with van der Waals surface area (Å²) in [6, 6.07) is 10.4. The van der Waals surface area contributed by atoms with Crippen LogP contribution in [0.2, 0.25) is 5.02 Å². The first-order chi connectivity index (χ1) is 12.4. The van der Waals surface area contributed by atoms with Crippen LogP contribution in [0.25, 0.3) is 5.69 Å². The zero-order chi connectivity index (χ0) is 18.8. The number of carboxylic acids is 1. The average molecular weight is 373 g/mol. The number of phenolic OH excluding ortho intramolecular Hbond substituents is 1. The number of aryl methyl sites for hydroxylation is 1. The second kappa shape index (κ2) is 6.85. The Morgan fingerprint density at radius 2 is 1.81 bits per heavy atom. The molecule has 0 amide bonds. The number of nitrogens with zero attached hydrogens (tertiary/aromatic N) is 4. The van der Waals surface area contributed by atoms with Crippen molar-refractivity contribution in [2.45, 2.75) is 6.92 Å². The average Bonchev–Trinajstić information content (AvgIpc) is 2.89. The van der Waals surface area contributed by atoms with Gasteiger partial charge in [0.15, 0.2) is 5.69 Å². The van der Waals surface area contributed by atoms with Crippen LogP contribution in [-0.4, -0.2) is 31.1 Å². The van der Waals surface area contributed by atoms with Crippen molar-refractivity contribution in [1.82, 2.24) is 9.78 Å². The van der Waals surface area contributed by atoms with Gasteiger partial charge in [-0.15, -0.1) is 10.2 Å². The van der Waals surface area contributed by atoms with E-state index >= 15 is 0 Å². The minimum absolute atomic E-state index is 0.0630. The van der Waals surface area contributed by atoms with E-state index in [2.05, 4.69) is 15.3 Å². The van der Waals surface area contributed by atoms with Crippen LogP contribution in [0.4, 0.5) is 11.4 Å². The number of azo groups is 1. The van der Waals surface area contributed by atoms with Gasteiger partial charge in [0.2, 0.25) is 5.88 Å². The fraction of sp³-hybridized carbons (Fsp3) is 0.0588. The van der Waals surface area contributed by atoms with E-state index in [1.165, 1.54) is 16.8 Å². The van der Waals surface area contributed by atoms with E-state index in [-0.39, 0.29) is 28.6 Å². The predicted octanol–water partition coefficient (Wildman–Crippen LogP) is 4.36. The van der Waals surface area contributed by atoms with Gasteiger partial charge in [-0.3, -0.25) is 0 Å². The van der Waals surface area contributed by atoms with Crippen molar-refractivity contribution in [3.05, 3.63) is 58.7 Å². The molecule has 0 unspecified atom stereocenters. The summed E-state index contributed by atoms with van der Waals surface area (Å²) in [6.07, 6.45) is 0. The lowest BCUT2D eigenvalue weighted by molar-refractivity contribution is 0.0696. The Kier molecular flexibility index (Phi) is 4.59. The largest absolute Gasteiger partial charge is 0.506 e. The number of hydrogen-bond acceptors (Lipinski definition) is 6. The number of rotatable bonds is 4. The second-order valence-electron chi connectivity index (χ2n) is 5.35. The topological polar surface area (TPSA) is 120 Å². The highest BCUT2D eigenvalue weighted by atomic mass is 35.5. The summed E-state index contributed by atoms with van der Waals surface area (Å²) in [5.41, 5.74) is 1.12. The second-order valence-corrected chi connectivity index (χ2v) is 5.79. The molecule has 0 aliphatic heterocycles. The zero-order valence-corrected chi connectivity index (χ0v) is 14.2. The Hall–Kier alpha value is -3.39. The minimum atomic E-state index is -1.17. The summed E-state index contributed by atoms with van der Waals surface area (Å²) in [5, 5.41) is 41.7. The fourth-order valence-electron chi connectivity index (χ4n) is 2.23. The maximum Gasteiger partial charge on any atom is 0.335 e. The molecule has 9 heteroatoms. The van der Waals surface area contributed by atoms with E-state index in [0.29, 0.717) is 16.4 Å². The van der Waals surface area contributed by atoms with Crippen molar-refractivity contribution in [2.24, 2.45) is 10.2 Å². The van der Waals surface area contributed by atoms with Gasteiger partial charge >= 0.3 is 5.97 Å². The summed E-state index contributed by atoms with van der Waals surface area (Å²) in [7, 11) is 0. The van der Waals surface area contributed by atoms with E-state index in [1.54, 1.807) is 31.2 Å². The Balaban J connectivity index is 1.94. The van der Waals surface area contributed by atoms with Gasteiger partial charge in [0.05, 0.1) is 16.9 Å². The molecular formula is C17H13ClN4O4. The lowest BCUT2D eigenvalue weighted by Crippen LogP contribution is -1.95. The van der Waals surface area contributed by atoms with Crippen LogP contribution >= 0.6 is 11.6 Å². The van der Waals surface area contributed by atoms with Gasteiger partial charge in [-0.2, -0.15) is 9.78 Å². The van der Waals surface area contributed by atoms with Gasteiger partial charge in [-0.25, -0.2) is 4.79 Å². The molecule has 1 aromatic heterocycles. The van der Waals surface area contributed by atoms with Crippen molar-refractivity contribution in [3.8, 4) is 17.3 Å². The molecule has 2 aromatic carbocycles. The van der Waals surface area contributed by atoms with Crippen molar-refractivity contribution in [1.29, 1.82) is 0 Å². The molecule has 132 valence electrons. The number of aromatic carboxylic acids is 1. The van der Waals surface area contributed by atoms with Crippen molar-refractivity contribution in [2.75, 3.05) is 0 Å². The fourth-order valence-corrected chi connectivity index (χ4v) is 2.36. The third-order valence-corrected chi connectivity index (χ3v) is 3.81. The highest BCUT2D eigenvalue weighted by Gasteiger charge is 2.16. The molecule has 8 nitrogen and oxygen atoms in total. The molecule has 0 radical (unpaired) electrons. The molecule has 0 bridgehead atoms. The van der Waals surface area contributed by atoms with Gasteiger partial charge in [0, 0.05) is 5.02 Å². The zero-order valence-electron chi connectivity index (χ0n) is 13.5. The van der Waals surface area contributed by atoms with Crippen molar-refractivity contribution < 1.29 is 20.1 Å². The molecule has 0 saturated carbocycles. The summed E-state index contributed by atoms with van der Waals surface area (Å²) >= 11 is 5.85. The molecule has 3 aromatic rings. The lowest BCUT2D eigenvalue weighted by atomic mass is 10.2. The summed E-state index contributed by atoms with van der Waals surface area (Å²) in [5.74, 6) is -1.73. The predicted molar refractivity (Wildman–Crippen MR) is 94.2 cm³/mol. The van der Waals surface area contributed by atoms with Crippen molar-refractivity contribution >= 4 is 28.9 Å². The summed E-state index contributed by atoms with van der Waals surface area (Å²) in [6.45, 7) is 1.65. The Morgan fingerprint density at radius 1 is 1.12 bits per heavy atom. The normalized spacial score (nSPS) is 11.2.